The molecule has 0 saturated carbocycles. The minimum atomic E-state index is -1.83. The van der Waals surface area contributed by atoms with Crippen molar-refractivity contribution in [3.05, 3.63) is 71.8 Å². The third kappa shape index (κ3) is 4.04. The summed E-state index contributed by atoms with van der Waals surface area (Å²) < 4.78 is 21.0. The molecule has 2 aromatic carbocycles. The second-order valence-electron chi connectivity index (χ2n) is 4.65. The summed E-state index contributed by atoms with van der Waals surface area (Å²) in [4.78, 5) is 16.7. The van der Waals surface area contributed by atoms with Crippen LogP contribution in [0.5, 0.6) is 0 Å². The van der Waals surface area contributed by atoms with E-state index in [0.717, 1.165) is 11.1 Å². The molecule has 2 aromatic rings. The van der Waals surface area contributed by atoms with Crippen LogP contribution >= 0.6 is 0 Å². The lowest BCUT2D eigenvalue weighted by molar-refractivity contribution is -0.144. The van der Waals surface area contributed by atoms with E-state index in [0.29, 0.717) is 5.71 Å². The molecule has 0 saturated heterocycles. The lowest BCUT2D eigenvalue weighted by Crippen LogP contribution is -2.23. The first kappa shape index (κ1) is 13.3. The molecule has 0 bridgehead atoms. The molecular formula is C19H21NO2. The van der Waals surface area contributed by atoms with Crippen molar-refractivity contribution in [3.63, 3.8) is 0 Å². The quantitative estimate of drug-likeness (QED) is 0.600. The molecule has 22 heavy (non-hydrogen) atoms. The highest BCUT2D eigenvalue weighted by Crippen LogP contribution is 2.14. The van der Waals surface area contributed by atoms with Crippen LogP contribution in [0.2, 0.25) is 0 Å². The van der Waals surface area contributed by atoms with Gasteiger partial charge in [-0.3, -0.25) is 4.99 Å². The molecule has 0 aliphatic rings. The van der Waals surface area contributed by atoms with Gasteiger partial charge in [0, 0.05) is 13.9 Å². The van der Waals surface area contributed by atoms with Crippen molar-refractivity contribution in [3.8, 4) is 0 Å². The summed E-state index contributed by atoms with van der Waals surface area (Å²) in [5.74, 6) is -0.658. The molecule has 0 aromatic heterocycles. The number of hydrogen-bond acceptors (Lipinski definition) is 3. The number of esters is 1. The van der Waals surface area contributed by atoms with Crippen LogP contribution in [0.1, 0.15) is 34.1 Å². The minimum Gasteiger partial charge on any atom is -0.464 e. The van der Waals surface area contributed by atoms with Crippen molar-refractivity contribution in [1.82, 2.24) is 0 Å². The fourth-order valence-corrected chi connectivity index (χ4v) is 2.09. The normalized spacial score (nSPS) is 13.5. The van der Waals surface area contributed by atoms with Crippen molar-refractivity contribution in [1.29, 1.82) is 0 Å². The fraction of sp³-hybridized carbons (Fsp3) is 0.263. The van der Waals surface area contributed by atoms with Gasteiger partial charge in [0.2, 0.25) is 0 Å². The van der Waals surface area contributed by atoms with E-state index in [9.17, 15) is 4.79 Å². The van der Waals surface area contributed by atoms with E-state index in [1.165, 1.54) is 6.92 Å². The molecule has 0 heterocycles. The van der Waals surface area contributed by atoms with Crippen molar-refractivity contribution in [2.75, 3.05) is 6.61 Å². The zero-order chi connectivity index (χ0) is 17.6. The van der Waals surface area contributed by atoms with Gasteiger partial charge < -0.3 is 4.74 Å². The predicted octanol–water partition coefficient (Wildman–Crippen LogP) is 3.87. The lowest BCUT2D eigenvalue weighted by Gasteiger charge is -2.13. The van der Waals surface area contributed by atoms with Crippen LogP contribution in [0, 0.1) is 0 Å². The highest BCUT2D eigenvalue weighted by atomic mass is 16.5. The van der Waals surface area contributed by atoms with E-state index in [-0.39, 0.29) is 6.61 Å². The van der Waals surface area contributed by atoms with Crippen LogP contribution in [0.25, 0.3) is 0 Å². The Kier molecular flexibility index (Phi) is 4.90. The molecule has 0 fully saturated rings. The predicted molar refractivity (Wildman–Crippen MR) is 89.2 cm³/mol. The smallest absolute Gasteiger partial charge is 0.330 e. The van der Waals surface area contributed by atoms with Gasteiger partial charge in [-0.25, -0.2) is 4.79 Å². The molecule has 0 radical (unpaired) electrons. The third-order valence-corrected chi connectivity index (χ3v) is 3.14. The van der Waals surface area contributed by atoms with Crippen molar-refractivity contribution >= 4 is 11.7 Å². The van der Waals surface area contributed by atoms with Gasteiger partial charge in [0.25, 0.3) is 0 Å². The molecule has 0 amide bonds. The minimum absolute atomic E-state index is 0.187. The van der Waals surface area contributed by atoms with Gasteiger partial charge in [-0.05, 0) is 13.3 Å². The summed E-state index contributed by atoms with van der Waals surface area (Å²) in [7, 11) is 0. The number of aliphatic imine (C=N–C) groups is 1. The van der Waals surface area contributed by atoms with Crippen LogP contribution < -0.4 is 0 Å². The zero-order valence-corrected chi connectivity index (χ0v) is 12.8. The molecule has 1 atom stereocenters. The molecule has 0 spiro atoms. The Morgan fingerprint density at radius 3 is 1.95 bits per heavy atom. The molecule has 3 nitrogen and oxygen atoms in total. The first-order valence-electron chi connectivity index (χ1n) is 8.28. The van der Waals surface area contributed by atoms with Crippen LogP contribution in [0.4, 0.5) is 0 Å². The van der Waals surface area contributed by atoms with E-state index in [1.54, 1.807) is 6.92 Å². The summed E-state index contributed by atoms with van der Waals surface area (Å²) in [6, 6.07) is 17.6. The van der Waals surface area contributed by atoms with E-state index >= 15 is 0 Å². The molecular weight excluding hydrogens is 274 g/mol. The number of carbonyl (C=O) groups excluding carboxylic acids is 1. The van der Waals surface area contributed by atoms with Gasteiger partial charge in [0.15, 0.2) is 0 Å². The summed E-state index contributed by atoms with van der Waals surface area (Å²) >= 11 is 0. The Hall–Kier alpha value is -2.42. The maximum atomic E-state index is 12.2. The molecule has 0 N–H and O–H groups in total. The second kappa shape index (κ2) is 8.13. The third-order valence-electron chi connectivity index (χ3n) is 3.14. The molecule has 3 heteroatoms. The lowest BCUT2D eigenvalue weighted by atomic mass is 10.0. The zero-order valence-electron chi connectivity index (χ0n) is 14.8. The molecule has 114 valence electrons. The largest absolute Gasteiger partial charge is 0.464 e. The second-order valence-corrected chi connectivity index (χ2v) is 4.65. The molecule has 2 rings (SSSR count). The monoisotopic (exact) mass is 297 g/mol. The highest BCUT2D eigenvalue weighted by Gasteiger charge is 2.18. The topological polar surface area (TPSA) is 38.7 Å². The number of hydrogen-bond donors (Lipinski definition) is 0. The number of nitrogens with zero attached hydrogens (tertiary/aromatic N) is 1. The summed E-state index contributed by atoms with van der Waals surface area (Å²) in [6.45, 7) is 3.22. The first-order chi connectivity index (χ1) is 11.4. The average molecular weight is 297 g/mol. The standard InChI is InChI=1S/C19H21NO2/c1-3-17(19(21)22-4-2)20-18(15-11-7-5-8-12-15)16-13-9-6-10-14-16/h5-14,17H,3-4H2,1-2H3/i3D2. The SMILES string of the molecule is [2H]C([2H])(C)C(N=C(c1ccccc1)c1ccccc1)C(=O)OCC. The van der Waals surface area contributed by atoms with Gasteiger partial charge in [0.1, 0.15) is 6.04 Å². The van der Waals surface area contributed by atoms with Gasteiger partial charge in [0.05, 0.1) is 12.3 Å². The van der Waals surface area contributed by atoms with E-state index < -0.39 is 18.4 Å². The molecule has 0 aliphatic carbocycles. The van der Waals surface area contributed by atoms with Gasteiger partial charge >= 0.3 is 5.97 Å². The maximum absolute atomic E-state index is 12.2. The van der Waals surface area contributed by atoms with Gasteiger partial charge in [-0.1, -0.05) is 67.6 Å². The fourth-order valence-electron chi connectivity index (χ4n) is 2.09. The van der Waals surface area contributed by atoms with E-state index in [2.05, 4.69) is 4.99 Å². The van der Waals surface area contributed by atoms with Crippen LogP contribution in [-0.4, -0.2) is 24.3 Å². The van der Waals surface area contributed by atoms with Gasteiger partial charge in [-0.15, -0.1) is 0 Å². The van der Waals surface area contributed by atoms with Gasteiger partial charge in [-0.2, -0.15) is 0 Å². The Labute approximate surface area is 134 Å². The summed E-state index contributed by atoms with van der Waals surface area (Å²) in [5, 5.41) is 0. The number of carbonyl (C=O) groups is 1. The number of ether oxygens (including phenoxy) is 1. The van der Waals surface area contributed by atoms with E-state index in [1.807, 2.05) is 60.7 Å². The van der Waals surface area contributed by atoms with Crippen molar-refractivity contribution in [2.24, 2.45) is 4.99 Å². The average Bonchev–Trinajstić information content (AvgIpc) is 2.56. The highest BCUT2D eigenvalue weighted by molar-refractivity contribution is 6.13. The van der Waals surface area contributed by atoms with Crippen molar-refractivity contribution in [2.45, 2.75) is 26.3 Å². The van der Waals surface area contributed by atoms with Crippen LogP contribution in [-0.2, 0) is 9.53 Å². The Morgan fingerprint density at radius 1 is 1.05 bits per heavy atom. The van der Waals surface area contributed by atoms with E-state index in [4.69, 9.17) is 7.48 Å². The summed E-state index contributed by atoms with van der Waals surface area (Å²) in [5.41, 5.74) is 2.21. The van der Waals surface area contributed by atoms with Crippen molar-refractivity contribution < 1.29 is 12.3 Å². The maximum Gasteiger partial charge on any atom is 0.330 e. The first-order valence-corrected chi connectivity index (χ1v) is 7.28. The molecule has 0 aliphatic heterocycles. The number of benzene rings is 2. The Balaban J connectivity index is 2.56. The Bertz CT molecular complexity index is 653. The Morgan fingerprint density at radius 2 is 1.55 bits per heavy atom. The van der Waals surface area contributed by atoms with Crippen LogP contribution in [0.3, 0.4) is 0 Å². The summed E-state index contributed by atoms with van der Waals surface area (Å²) in [6.07, 6.45) is -1.83. The van der Waals surface area contributed by atoms with Crippen LogP contribution in [0.15, 0.2) is 65.7 Å². The molecule has 1 unspecified atom stereocenters. The number of rotatable bonds is 6.